The zero-order valence-corrected chi connectivity index (χ0v) is 9.92. The molecule has 0 bridgehead atoms. The Morgan fingerprint density at radius 1 is 1.65 bits per heavy atom. The van der Waals surface area contributed by atoms with Gasteiger partial charge in [-0.05, 0) is 6.92 Å². The van der Waals surface area contributed by atoms with Crippen molar-refractivity contribution in [1.82, 2.24) is 9.78 Å². The van der Waals surface area contributed by atoms with Crippen LogP contribution in [0.5, 0.6) is 0 Å². The fourth-order valence-electron chi connectivity index (χ4n) is 2.05. The second-order valence-electron chi connectivity index (χ2n) is 3.93. The van der Waals surface area contributed by atoms with Crippen LogP contribution < -0.4 is 4.90 Å². The normalized spacial score (nSPS) is 19.8. The number of anilines is 1. The van der Waals surface area contributed by atoms with E-state index in [1.165, 1.54) is 7.11 Å². The van der Waals surface area contributed by atoms with Gasteiger partial charge < -0.3 is 4.74 Å². The molecule has 0 radical (unpaired) electrons. The SMILES string of the molecule is CCn1nccc1N1CC(C(=O)OC)CC1=O. The van der Waals surface area contributed by atoms with Gasteiger partial charge in [-0.1, -0.05) is 0 Å². The summed E-state index contributed by atoms with van der Waals surface area (Å²) in [5.74, 6) is -0.0179. The Kier molecular flexibility index (Phi) is 3.12. The van der Waals surface area contributed by atoms with Crippen molar-refractivity contribution in [1.29, 1.82) is 0 Å². The summed E-state index contributed by atoms with van der Waals surface area (Å²) in [6, 6.07) is 1.78. The van der Waals surface area contributed by atoms with Gasteiger partial charge in [-0.15, -0.1) is 0 Å². The molecular formula is C11H15N3O3. The van der Waals surface area contributed by atoms with Gasteiger partial charge >= 0.3 is 5.97 Å². The van der Waals surface area contributed by atoms with Crippen LogP contribution in [0.4, 0.5) is 5.82 Å². The van der Waals surface area contributed by atoms with Crippen LogP contribution >= 0.6 is 0 Å². The molecule has 1 aliphatic rings. The van der Waals surface area contributed by atoms with E-state index in [0.29, 0.717) is 13.1 Å². The highest BCUT2D eigenvalue weighted by molar-refractivity contribution is 5.98. The van der Waals surface area contributed by atoms with Crippen LogP contribution in [-0.2, 0) is 20.9 Å². The molecule has 0 aromatic carbocycles. The zero-order chi connectivity index (χ0) is 12.4. The van der Waals surface area contributed by atoms with E-state index in [-0.39, 0.29) is 24.2 Å². The van der Waals surface area contributed by atoms with E-state index in [0.717, 1.165) is 5.82 Å². The Labute approximate surface area is 99.1 Å². The summed E-state index contributed by atoms with van der Waals surface area (Å²) in [6.45, 7) is 3.01. The van der Waals surface area contributed by atoms with Crippen molar-refractivity contribution in [2.45, 2.75) is 19.9 Å². The molecule has 17 heavy (non-hydrogen) atoms. The average molecular weight is 237 g/mol. The molecular weight excluding hydrogens is 222 g/mol. The lowest BCUT2D eigenvalue weighted by molar-refractivity contribution is -0.145. The predicted molar refractivity (Wildman–Crippen MR) is 60.4 cm³/mol. The van der Waals surface area contributed by atoms with Gasteiger partial charge in [0.1, 0.15) is 5.82 Å². The summed E-state index contributed by atoms with van der Waals surface area (Å²) in [5.41, 5.74) is 0. The average Bonchev–Trinajstić information content (AvgIpc) is 2.93. The molecule has 1 amide bonds. The Balaban J connectivity index is 2.18. The van der Waals surface area contributed by atoms with Crippen LogP contribution in [0.25, 0.3) is 0 Å². The molecule has 1 saturated heterocycles. The highest BCUT2D eigenvalue weighted by Gasteiger charge is 2.36. The van der Waals surface area contributed by atoms with Crippen molar-refractivity contribution < 1.29 is 14.3 Å². The lowest BCUT2D eigenvalue weighted by Crippen LogP contribution is -2.28. The Bertz CT molecular complexity index is 441. The molecule has 92 valence electrons. The number of esters is 1. The molecule has 6 heteroatoms. The molecule has 1 aromatic rings. The molecule has 1 unspecified atom stereocenters. The minimum atomic E-state index is -0.368. The predicted octanol–water partition coefficient (Wildman–Crippen LogP) is 0.429. The second-order valence-corrected chi connectivity index (χ2v) is 3.93. The van der Waals surface area contributed by atoms with Gasteiger partial charge in [0.05, 0.1) is 19.2 Å². The summed E-state index contributed by atoms with van der Waals surface area (Å²) in [4.78, 5) is 24.8. The summed E-state index contributed by atoms with van der Waals surface area (Å²) >= 11 is 0. The minimum absolute atomic E-state index is 0.0596. The number of methoxy groups -OCH3 is 1. The van der Waals surface area contributed by atoms with Gasteiger partial charge in [0, 0.05) is 25.6 Å². The molecule has 1 atom stereocenters. The molecule has 0 spiro atoms. The Morgan fingerprint density at radius 3 is 3.06 bits per heavy atom. The first kappa shape index (κ1) is 11.6. The number of hydrogen-bond acceptors (Lipinski definition) is 4. The number of ether oxygens (including phenoxy) is 1. The third kappa shape index (κ3) is 2.02. The van der Waals surface area contributed by atoms with Crippen LogP contribution in [-0.4, -0.2) is 35.3 Å². The number of nitrogens with zero attached hydrogens (tertiary/aromatic N) is 3. The van der Waals surface area contributed by atoms with E-state index in [1.54, 1.807) is 21.8 Å². The van der Waals surface area contributed by atoms with Gasteiger partial charge in [-0.25, -0.2) is 4.68 Å². The smallest absolute Gasteiger partial charge is 0.311 e. The fraction of sp³-hybridized carbons (Fsp3) is 0.545. The van der Waals surface area contributed by atoms with Gasteiger partial charge in [0.25, 0.3) is 0 Å². The molecule has 6 nitrogen and oxygen atoms in total. The number of aromatic nitrogens is 2. The maximum atomic E-state index is 11.8. The van der Waals surface area contributed by atoms with E-state index >= 15 is 0 Å². The summed E-state index contributed by atoms with van der Waals surface area (Å²) in [6.07, 6.45) is 1.86. The standard InChI is InChI=1S/C11H15N3O3/c1-3-14-9(4-5-12-14)13-7-8(6-10(13)15)11(16)17-2/h4-5,8H,3,6-7H2,1-2H3. The highest BCUT2D eigenvalue weighted by atomic mass is 16.5. The molecule has 0 N–H and O–H groups in total. The van der Waals surface area contributed by atoms with Crippen molar-refractivity contribution in [2.24, 2.45) is 5.92 Å². The van der Waals surface area contributed by atoms with Gasteiger partial charge in [-0.2, -0.15) is 5.10 Å². The molecule has 1 fully saturated rings. The topological polar surface area (TPSA) is 64.4 Å². The number of carbonyl (C=O) groups is 2. The van der Waals surface area contributed by atoms with E-state index in [9.17, 15) is 9.59 Å². The highest BCUT2D eigenvalue weighted by Crippen LogP contribution is 2.25. The molecule has 2 rings (SSSR count). The number of rotatable bonds is 3. The van der Waals surface area contributed by atoms with Crippen LogP contribution in [0.3, 0.4) is 0 Å². The molecule has 0 saturated carbocycles. The number of carbonyl (C=O) groups excluding carboxylic acids is 2. The van der Waals surface area contributed by atoms with Crippen molar-refractivity contribution >= 4 is 17.7 Å². The molecule has 0 aliphatic carbocycles. The molecule has 2 heterocycles. The fourth-order valence-corrected chi connectivity index (χ4v) is 2.05. The number of amides is 1. The van der Waals surface area contributed by atoms with Crippen molar-refractivity contribution in [3.8, 4) is 0 Å². The molecule has 1 aromatic heterocycles. The summed E-state index contributed by atoms with van der Waals surface area (Å²) < 4.78 is 6.40. The summed E-state index contributed by atoms with van der Waals surface area (Å²) in [7, 11) is 1.34. The van der Waals surface area contributed by atoms with Crippen LogP contribution in [0.1, 0.15) is 13.3 Å². The van der Waals surface area contributed by atoms with E-state index in [1.807, 2.05) is 6.92 Å². The third-order valence-corrected chi connectivity index (χ3v) is 2.93. The lowest BCUT2D eigenvalue weighted by Gasteiger charge is -2.16. The van der Waals surface area contributed by atoms with E-state index in [2.05, 4.69) is 9.84 Å². The van der Waals surface area contributed by atoms with Crippen LogP contribution in [0.2, 0.25) is 0 Å². The van der Waals surface area contributed by atoms with E-state index in [4.69, 9.17) is 0 Å². The van der Waals surface area contributed by atoms with Gasteiger partial charge in [-0.3, -0.25) is 14.5 Å². The molecule has 1 aliphatic heterocycles. The van der Waals surface area contributed by atoms with Gasteiger partial charge in [0.2, 0.25) is 5.91 Å². The third-order valence-electron chi connectivity index (χ3n) is 2.93. The Hall–Kier alpha value is -1.85. The van der Waals surface area contributed by atoms with E-state index < -0.39 is 0 Å². The largest absolute Gasteiger partial charge is 0.469 e. The quantitative estimate of drug-likeness (QED) is 0.715. The maximum Gasteiger partial charge on any atom is 0.311 e. The Morgan fingerprint density at radius 2 is 2.41 bits per heavy atom. The van der Waals surface area contributed by atoms with Crippen molar-refractivity contribution in [3.05, 3.63) is 12.3 Å². The first-order valence-electron chi connectivity index (χ1n) is 5.57. The van der Waals surface area contributed by atoms with Crippen LogP contribution in [0.15, 0.2) is 12.3 Å². The van der Waals surface area contributed by atoms with Gasteiger partial charge in [0.15, 0.2) is 0 Å². The second kappa shape index (κ2) is 4.57. The summed E-state index contributed by atoms with van der Waals surface area (Å²) in [5, 5.41) is 4.11. The monoisotopic (exact) mass is 237 g/mol. The minimum Gasteiger partial charge on any atom is -0.469 e. The number of aryl methyl sites for hydroxylation is 1. The zero-order valence-electron chi connectivity index (χ0n) is 9.92. The van der Waals surface area contributed by atoms with Crippen LogP contribution in [0, 0.1) is 5.92 Å². The number of hydrogen-bond donors (Lipinski definition) is 0. The maximum absolute atomic E-state index is 11.8. The van der Waals surface area contributed by atoms with Crippen molar-refractivity contribution in [3.63, 3.8) is 0 Å². The lowest BCUT2D eigenvalue weighted by atomic mass is 10.1. The van der Waals surface area contributed by atoms with Crippen molar-refractivity contribution in [2.75, 3.05) is 18.6 Å². The first-order chi connectivity index (χ1) is 8.17. The first-order valence-corrected chi connectivity index (χ1v) is 5.57.